The van der Waals surface area contributed by atoms with Crippen LogP contribution in [0.25, 0.3) is 0 Å². The van der Waals surface area contributed by atoms with Crippen LogP contribution < -0.4 is 10.2 Å². The lowest BCUT2D eigenvalue weighted by Crippen LogP contribution is -2.29. The van der Waals surface area contributed by atoms with Gasteiger partial charge in [0, 0.05) is 43.0 Å². The van der Waals surface area contributed by atoms with Gasteiger partial charge in [-0.2, -0.15) is 0 Å². The van der Waals surface area contributed by atoms with E-state index in [0.29, 0.717) is 6.61 Å². The average Bonchev–Trinajstić information content (AvgIpc) is 2.36. The number of hydrogen-bond acceptors (Lipinski definition) is 4. The van der Waals surface area contributed by atoms with Gasteiger partial charge in [-0.1, -0.05) is 6.08 Å². The van der Waals surface area contributed by atoms with Crippen LogP contribution in [0.15, 0.2) is 29.4 Å². The van der Waals surface area contributed by atoms with Gasteiger partial charge in [-0.3, -0.25) is 0 Å². The lowest BCUT2D eigenvalue weighted by molar-refractivity contribution is 0.205. The van der Waals surface area contributed by atoms with Gasteiger partial charge in [0.2, 0.25) is 0 Å². The van der Waals surface area contributed by atoms with Gasteiger partial charge >= 0.3 is 0 Å². The molecular formula is C13H20BrN3O. The number of anilines is 1. The highest BCUT2D eigenvalue weighted by Crippen LogP contribution is 2.21. The van der Waals surface area contributed by atoms with Crippen molar-refractivity contribution in [3.63, 3.8) is 0 Å². The highest BCUT2D eigenvalue weighted by Gasteiger charge is 2.11. The van der Waals surface area contributed by atoms with Crippen LogP contribution in [0.3, 0.4) is 0 Å². The number of pyridine rings is 1. The Hall–Kier alpha value is -0.910. The molecule has 0 atom stereocenters. The highest BCUT2D eigenvalue weighted by atomic mass is 79.9. The molecule has 0 saturated carbocycles. The van der Waals surface area contributed by atoms with E-state index in [9.17, 15) is 0 Å². The van der Waals surface area contributed by atoms with Crippen molar-refractivity contribution in [1.82, 2.24) is 10.3 Å². The summed E-state index contributed by atoms with van der Waals surface area (Å²) >= 11 is 3.45. The van der Waals surface area contributed by atoms with E-state index in [1.54, 1.807) is 7.11 Å². The highest BCUT2D eigenvalue weighted by molar-refractivity contribution is 9.10. The fraction of sp³-hybridized carbons (Fsp3) is 0.462. The minimum atomic E-state index is 0.671. The number of halogens is 1. The van der Waals surface area contributed by atoms with Gasteiger partial charge in [0.05, 0.1) is 6.61 Å². The van der Waals surface area contributed by atoms with Gasteiger partial charge in [-0.15, -0.1) is 6.58 Å². The molecule has 0 aliphatic carbocycles. The van der Waals surface area contributed by atoms with E-state index < -0.39 is 0 Å². The second-order valence-corrected chi connectivity index (χ2v) is 4.81. The maximum absolute atomic E-state index is 5.14. The van der Waals surface area contributed by atoms with Gasteiger partial charge < -0.3 is 15.0 Å². The number of aromatic nitrogens is 1. The number of methoxy groups -OCH3 is 1. The first-order chi connectivity index (χ1) is 8.72. The Morgan fingerprint density at radius 1 is 1.61 bits per heavy atom. The van der Waals surface area contributed by atoms with Crippen LogP contribution in [0.2, 0.25) is 0 Å². The zero-order chi connectivity index (χ0) is 13.4. The van der Waals surface area contributed by atoms with Crippen molar-refractivity contribution in [2.24, 2.45) is 0 Å². The van der Waals surface area contributed by atoms with Crippen molar-refractivity contribution in [1.29, 1.82) is 0 Å². The molecule has 0 aromatic carbocycles. The van der Waals surface area contributed by atoms with E-state index in [4.69, 9.17) is 4.74 Å². The van der Waals surface area contributed by atoms with Crippen LogP contribution >= 0.6 is 15.9 Å². The standard InChI is InChI=1S/C13H20BrN3O/c1-4-5-17(6-7-18-3)13-11(9-15-2)8-12(14)10-16-13/h4,8,10,15H,1,5-7,9H2,2-3H3. The van der Waals surface area contributed by atoms with E-state index in [-0.39, 0.29) is 0 Å². The average molecular weight is 314 g/mol. The number of nitrogens with zero attached hydrogens (tertiary/aromatic N) is 2. The monoisotopic (exact) mass is 313 g/mol. The SMILES string of the molecule is C=CCN(CCOC)c1ncc(Br)cc1CNC. The zero-order valence-corrected chi connectivity index (χ0v) is 12.5. The van der Waals surface area contributed by atoms with Crippen molar-refractivity contribution in [3.05, 3.63) is 35.0 Å². The fourth-order valence-corrected chi connectivity index (χ4v) is 2.10. The van der Waals surface area contributed by atoms with Crippen LogP contribution in [0.1, 0.15) is 5.56 Å². The van der Waals surface area contributed by atoms with Crippen molar-refractivity contribution in [3.8, 4) is 0 Å². The Labute approximate surface area is 117 Å². The topological polar surface area (TPSA) is 37.4 Å². The zero-order valence-electron chi connectivity index (χ0n) is 10.9. The molecule has 1 aromatic rings. The van der Waals surface area contributed by atoms with Crippen LogP contribution in [-0.4, -0.2) is 38.8 Å². The molecule has 0 aliphatic heterocycles. The summed E-state index contributed by atoms with van der Waals surface area (Å²) in [5.41, 5.74) is 1.16. The number of rotatable bonds is 8. The van der Waals surface area contributed by atoms with Crippen LogP contribution in [0, 0.1) is 0 Å². The Morgan fingerprint density at radius 2 is 2.39 bits per heavy atom. The van der Waals surface area contributed by atoms with Crippen LogP contribution in [0.5, 0.6) is 0 Å². The molecule has 1 N–H and O–H groups in total. The Bertz CT molecular complexity index is 384. The van der Waals surface area contributed by atoms with Crippen molar-refractivity contribution >= 4 is 21.7 Å². The Balaban J connectivity index is 2.97. The molecule has 0 radical (unpaired) electrons. The molecule has 0 saturated heterocycles. The summed E-state index contributed by atoms with van der Waals surface area (Å²) in [7, 11) is 3.63. The normalized spacial score (nSPS) is 10.4. The largest absolute Gasteiger partial charge is 0.383 e. The third-order valence-electron chi connectivity index (χ3n) is 2.49. The number of nitrogens with one attached hydrogen (secondary N) is 1. The molecule has 100 valence electrons. The summed E-state index contributed by atoms with van der Waals surface area (Å²) in [6.45, 7) is 6.80. The molecule has 0 bridgehead atoms. The summed E-state index contributed by atoms with van der Waals surface area (Å²) in [5, 5.41) is 3.16. The van der Waals surface area contributed by atoms with E-state index in [1.165, 1.54) is 0 Å². The summed E-state index contributed by atoms with van der Waals surface area (Å²) in [6.07, 6.45) is 3.69. The predicted octanol–water partition coefficient (Wildman–Crippen LogP) is 2.20. The van der Waals surface area contributed by atoms with Gasteiger partial charge in [0.25, 0.3) is 0 Å². The molecule has 0 aliphatic rings. The smallest absolute Gasteiger partial charge is 0.133 e. The molecule has 0 fully saturated rings. The molecule has 1 rings (SSSR count). The van der Waals surface area contributed by atoms with Crippen LogP contribution in [0.4, 0.5) is 5.82 Å². The van der Waals surface area contributed by atoms with Crippen LogP contribution in [-0.2, 0) is 11.3 Å². The van der Waals surface area contributed by atoms with Crippen molar-refractivity contribution in [2.45, 2.75) is 6.54 Å². The molecule has 18 heavy (non-hydrogen) atoms. The molecule has 0 amide bonds. The second kappa shape index (κ2) is 8.24. The summed E-state index contributed by atoms with van der Waals surface area (Å²) < 4.78 is 6.12. The predicted molar refractivity (Wildman–Crippen MR) is 79.0 cm³/mol. The summed E-state index contributed by atoms with van der Waals surface area (Å²) in [5.74, 6) is 0.976. The molecule has 4 nitrogen and oxygen atoms in total. The molecular weight excluding hydrogens is 294 g/mol. The minimum Gasteiger partial charge on any atom is -0.383 e. The minimum absolute atomic E-state index is 0.671. The first kappa shape index (κ1) is 15.1. The molecule has 0 unspecified atom stereocenters. The van der Waals surface area contributed by atoms with Gasteiger partial charge in [-0.25, -0.2) is 4.98 Å². The summed E-state index contributed by atoms with van der Waals surface area (Å²) in [6, 6.07) is 2.09. The molecule has 1 heterocycles. The van der Waals surface area contributed by atoms with Crippen molar-refractivity contribution in [2.75, 3.05) is 38.8 Å². The van der Waals surface area contributed by atoms with E-state index >= 15 is 0 Å². The number of ether oxygens (including phenoxy) is 1. The first-order valence-corrected chi connectivity index (χ1v) is 6.66. The van der Waals surface area contributed by atoms with Gasteiger partial charge in [0.15, 0.2) is 0 Å². The van der Waals surface area contributed by atoms with E-state index in [1.807, 2.05) is 19.3 Å². The lowest BCUT2D eigenvalue weighted by atomic mass is 10.2. The summed E-state index contributed by atoms with van der Waals surface area (Å²) in [4.78, 5) is 6.67. The molecule has 0 spiro atoms. The quantitative estimate of drug-likeness (QED) is 0.747. The maximum Gasteiger partial charge on any atom is 0.133 e. The van der Waals surface area contributed by atoms with Crippen molar-refractivity contribution < 1.29 is 4.74 Å². The third-order valence-corrected chi connectivity index (χ3v) is 2.92. The second-order valence-electron chi connectivity index (χ2n) is 3.89. The first-order valence-electron chi connectivity index (χ1n) is 5.86. The lowest BCUT2D eigenvalue weighted by Gasteiger charge is -2.24. The Morgan fingerprint density at radius 3 is 3.00 bits per heavy atom. The third kappa shape index (κ3) is 4.40. The Kier molecular flexibility index (Phi) is 6.93. The molecule has 5 heteroatoms. The number of hydrogen-bond donors (Lipinski definition) is 1. The van der Waals surface area contributed by atoms with Gasteiger partial charge in [-0.05, 0) is 29.0 Å². The fourth-order valence-electron chi connectivity index (χ4n) is 1.72. The van der Waals surface area contributed by atoms with E-state index in [2.05, 4.69) is 43.8 Å². The van der Waals surface area contributed by atoms with E-state index in [0.717, 1.165) is 35.5 Å². The van der Waals surface area contributed by atoms with Gasteiger partial charge in [0.1, 0.15) is 5.82 Å². The maximum atomic E-state index is 5.14. The molecule has 1 aromatic heterocycles.